The molecule has 7 heteroatoms. The molecule has 0 aromatic heterocycles. The van der Waals surface area contributed by atoms with Crippen molar-refractivity contribution >= 4 is 70.1 Å². The lowest BCUT2D eigenvalue weighted by atomic mass is 10.5. The number of rotatable bonds is 12. The molecule has 104 valence electrons. The molecule has 2 atom stereocenters. The summed E-state index contributed by atoms with van der Waals surface area (Å²) in [5.74, 6) is 5.77. The smallest absolute Gasteiger partial charge is 0.0558 e. The Morgan fingerprint density at radius 1 is 0.882 bits per heavy atom. The highest BCUT2D eigenvalue weighted by atomic mass is 35.5. The van der Waals surface area contributed by atoms with Crippen molar-refractivity contribution in [1.29, 1.82) is 0 Å². The van der Waals surface area contributed by atoms with Crippen LogP contribution in [-0.4, -0.2) is 62.9 Å². The van der Waals surface area contributed by atoms with E-state index in [0.717, 1.165) is 23.0 Å². The van der Waals surface area contributed by atoms with Crippen molar-refractivity contribution in [3.05, 3.63) is 0 Å². The predicted molar refractivity (Wildman–Crippen MR) is 89.1 cm³/mol. The normalized spacial score (nSPS) is 14.8. The summed E-state index contributed by atoms with van der Waals surface area (Å²) in [7, 11) is 0. The Labute approximate surface area is 132 Å². The predicted octanol–water partition coefficient (Wildman–Crippen LogP) is 3.63. The molecule has 0 bridgehead atoms. The molecule has 0 aliphatic carbocycles. The van der Waals surface area contributed by atoms with Crippen molar-refractivity contribution in [2.75, 3.05) is 47.3 Å². The van der Waals surface area contributed by atoms with Crippen molar-refractivity contribution in [2.45, 2.75) is 10.5 Å². The maximum Gasteiger partial charge on any atom is 0.0558 e. The summed E-state index contributed by atoms with van der Waals surface area (Å²) >= 11 is 22.5. The van der Waals surface area contributed by atoms with Gasteiger partial charge in [-0.25, -0.2) is 0 Å². The molecule has 0 aliphatic heterocycles. The minimum absolute atomic E-state index is 0.217. The Bertz CT molecular complexity index is 166. The van der Waals surface area contributed by atoms with Crippen LogP contribution in [0.25, 0.3) is 0 Å². The maximum atomic E-state index is 9.26. The van der Waals surface area contributed by atoms with E-state index in [1.165, 1.54) is 0 Å². The van der Waals surface area contributed by atoms with Gasteiger partial charge in [-0.3, -0.25) is 0 Å². The van der Waals surface area contributed by atoms with Crippen LogP contribution < -0.4 is 0 Å². The second-order valence-electron chi connectivity index (χ2n) is 3.24. The Morgan fingerprint density at radius 3 is 2.12 bits per heavy atom. The second kappa shape index (κ2) is 14.3. The Morgan fingerprint density at radius 2 is 1.59 bits per heavy atom. The lowest BCUT2D eigenvalue weighted by molar-refractivity contribution is 0.301. The van der Waals surface area contributed by atoms with E-state index in [1.54, 1.807) is 23.5 Å². The summed E-state index contributed by atoms with van der Waals surface area (Å²) in [5, 5.41) is 9.97. The monoisotopic (exact) mass is 356 g/mol. The molecule has 0 amide bonds. The van der Waals surface area contributed by atoms with Crippen molar-refractivity contribution in [1.82, 2.24) is 0 Å². The van der Waals surface area contributed by atoms with Crippen LogP contribution in [0.5, 0.6) is 0 Å². The third kappa shape index (κ3) is 11.4. The van der Waals surface area contributed by atoms with Crippen molar-refractivity contribution in [3.8, 4) is 0 Å². The van der Waals surface area contributed by atoms with Gasteiger partial charge in [-0.05, 0) is 0 Å². The summed E-state index contributed by atoms with van der Waals surface area (Å²) in [6.07, 6.45) is 0. The highest BCUT2D eigenvalue weighted by Crippen LogP contribution is 2.23. The summed E-state index contributed by atoms with van der Waals surface area (Å²) in [4.78, 5) is 0. The molecule has 0 radical (unpaired) electrons. The van der Waals surface area contributed by atoms with Gasteiger partial charge in [0, 0.05) is 51.2 Å². The molecule has 2 unspecified atom stereocenters. The lowest BCUT2D eigenvalue weighted by Gasteiger charge is -2.17. The fourth-order valence-electron chi connectivity index (χ4n) is 1.01. The Kier molecular flexibility index (Phi) is 15.9. The SMILES string of the molecule is OCC(CSCCCl)SCC(CCl)SCCCl. The van der Waals surface area contributed by atoms with E-state index in [-0.39, 0.29) is 11.9 Å². The average molecular weight is 358 g/mol. The standard InChI is InChI=1S/C10H19Cl3OS3/c11-1-3-15-7-10(6-14)17-8-9(5-13)16-4-2-12/h9-10,14H,1-8H2. The van der Waals surface area contributed by atoms with Gasteiger partial charge >= 0.3 is 0 Å². The van der Waals surface area contributed by atoms with Crippen LogP contribution in [0.15, 0.2) is 0 Å². The fourth-order valence-corrected chi connectivity index (χ4v) is 5.27. The molecule has 1 nitrogen and oxygen atoms in total. The molecular formula is C10H19Cl3OS3. The third-order valence-corrected chi connectivity index (χ3v) is 7.41. The Balaban J connectivity index is 3.69. The van der Waals surface area contributed by atoms with Crippen LogP contribution in [0, 0.1) is 0 Å². The topological polar surface area (TPSA) is 20.2 Å². The van der Waals surface area contributed by atoms with E-state index in [9.17, 15) is 5.11 Å². The van der Waals surface area contributed by atoms with E-state index in [2.05, 4.69) is 0 Å². The fraction of sp³-hybridized carbons (Fsp3) is 1.00. The van der Waals surface area contributed by atoms with Crippen molar-refractivity contribution in [3.63, 3.8) is 0 Å². The number of halogens is 3. The van der Waals surface area contributed by atoms with Gasteiger partial charge in [0.15, 0.2) is 0 Å². The highest BCUT2D eigenvalue weighted by Gasteiger charge is 2.13. The zero-order valence-electron chi connectivity index (χ0n) is 9.62. The lowest BCUT2D eigenvalue weighted by Crippen LogP contribution is -2.18. The zero-order chi connectivity index (χ0) is 12.9. The average Bonchev–Trinajstić information content (AvgIpc) is 2.36. The molecule has 0 saturated heterocycles. The van der Waals surface area contributed by atoms with Crippen molar-refractivity contribution < 1.29 is 5.11 Å². The maximum absolute atomic E-state index is 9.26. The summed E-state index contributed by atoms with van der Waals surface area (Å²) in [6.45, 7) is 0.217. The number of alkyl halides is 3. The van der Waals surface area contributed by atoms with Gasteiger partial charge in [-0.1, -0.05) is 0 Å². The first-order valence-electron chi connectivity index (χ1n) is 5.38. The van der Waals surface area contributed by atoms with Gasteiger partial charge in [0.25, 0.3) is 0 Å². The Hall–Kier alpha value is 1.88. The van der Waals surface area contributed by atoms with E-state index in [1.807, 2.05) is 11.8 Å². The quantitative estimate of drug-likeness (QED) is 0.425. The molecule has 17 heavy (non-hydrogen) atoms. The van der Waals surface area contributed by atoms with Gasteiger partial charge < -0.3 is 5.11 Å². The van der Waals surface area contributed by atoms with Crippen LogP contribution in [0.4, 0.5) is 0 Å². The van der Waals surface area contributed by atoms with E-state index < -0.39 is 0 Å². The van der Waals surface area contributed by atoms with E-state index in [4.69, 9.17) is 34.8 Å². The van der Waals surface area contributed by atoms with E-state index in [0.29, 0.717) is 22.9 Å². The van der Waals surface area contributed by atoms with Crippen molar-refractivity contribution in [2.24, 2.45) is 0 Å². The molecule has 0 aromatic rings. The third-order valence-electron chi connectivity index (χ3n) is 1.85. The summed E-state index contributed by atoms with van der Waals surface area (Å²) in [6, 6.07) is 0. The van der Waals surface area contributed by atoms with Gasteiger partial charge in [0.1, 0.15) is 0 Å². The first-order valence-corrected chi connectivity index (χ1v) is 10.2. The molecular weight excluding hydrogens is 339 g/mol. The number of hydrogen-bond donors (Lipinski definition) is 1. The summed E-state index contributed by atoms with van der Waals surface area (Å²) < 4.78 is 0. The zero-order valence-corrected chi connectivity index (χ0v) is 14.3. The number of hydrogen-bond acceptors (Lipinski definition) is 4. The highest BCUT2D eigenvalue weighted by molar-refractivity contribution is 8.05. The van der Waals surface area contributed by atoms with Gasteiger partial charge in [-0.2, -0.15) is 35.3 Å². The van der Waals surface area contributed by atoms with Crippen LogP contribution in [0.3, 0.4) is 0 Å². The molecule has 1 N–H and O–H groups in total. The first kappa shape index (κ1) is 18.9. The molecule has 0 fully saturated rings. The van der Waals surface area contributed by atoms with E-state index >= 15 is 0 Å². The largest absolute Gasteiger partial charge is 0.395 e. The van der Waals surface area contributed by atoms with Crippen LogP contribution in [0.1, 0.15) is 0 Å². The summed E-state index contributed by atoms with van der Waals surface area (Å²) in [5.41, 5.74) is 0. The first-order chi connectivity index (χ1) is 8.28. The molecule has 0 spiro atoms. The minimum Gasteiger partial charge on any atom is -0.395 e. The van der Waals surface area contributed by atoms with Crippen LogP contribution in [0.2, 0.25) is 0 Å². The number of thioether (sulfide) groups is 3. The second-order valence-corrected chi connectivity index (χ2v) is 8.19. The van der Waals surface area contributed by atoms with Gasteiger partial charge in [0.2, 0.25) is 0 Å². The van der Waals surface area contributed by atoms with Gasteiger partial charge in [-0.15, -0.1) is 34.8 Å². The molecule has 0 rings (SSSR count). The van der Waals surface area contributed by atoms with Gasteiger partial charge in [0.05, 0.1) is 6.61 Å². The minimum atomic E-state index is 0.217. The van der Waals surface area contributed by atoms with Crippen LogP contribution >= 0.6 is 70.1 Å². The molecule has 0 aromatic carbocycles. The number of aliphatic hydroxyl groups is 1. The number of aliphatic hydroxyl groups excluding tert-OH is 1. The molecule has 0 saturated carbocycles. The molecule has 0 aliphatic rings. The van der Waals surface area contributed by atoms with Crippen LogP contribution in [-0.2, 0) is 0 Å². The molecule has 0 heterocycles.